The lowest BCUT2D eigenvalue weighted by Gasteiger charge is -2.20. The van der Waals surface area contributed by atoms with Crippen LogP contribution in [0.4, 0.5) is 0 Å². The van der Waals surface area contributed by atoms with Crippen molar-refractivity contribution in [1.29, 1.82) is 0 Å². The molecule has 0 saturated heterocycles. The lowest BCUT2D eigenvalue weighted by molar-refractivity contribution is 0.210. The predicted octanol–water partition coefficient (Wildman–Crippen LogP) is 2.63. The highest BCUT2D eigenvalue weighted by Gasteiger charge is 2.23. The largest absolute Gasteiger partial charge is 0.492 e. The summed E-state index contributed by atoms with van der Waals surface area (Å²) in [5, 5.41) is 0. The van der Waals surface area contributed by atoms with Crippen molar-refractivity contribution in [3.63, 3.8) is 0 Å². The Morgan fingerprint density at radius 1 is 1.35 bits per heavy atom. The highest BCUT2D eigenvalue weighted by Crippen LogP contribution is 2.29. The molecule has 0 amide bonds. The van der Waals surface area contributed by atoms with Crippen LogP contribution in [0.25, 0.3) is 0 Å². The van der Waals surface area contributed by atoms with Crippen molar-refractivity contribution in [2.45, 2.75) is 26.2 Å². The van der Waals surface area contributed by atoms with E-state index in [2.05, 4.69) is 11.8 Å². The standard InChI is InChI=1S/C16H24N2OS/c1-2-18(12-14-3-4-14)9-10-19-15-7-5-13(6-8-15)11-16(17)20/h5-8,14H,2-4,9-12H2,1H3,(H2,17,20). The molecule has 0 spiro atoms. The minimum absolute atomic E-state index is 0.525. The van der Waals surface area contributed by atoms with E-state index in [0.29, 0.717) is 11.4 Å². The lowest BCUT2D eigenvalue weighted by Crippen LogP contribution is -2.30. The molecule has 0 unspecified atom stereocenters. The van der Waals surface area contributed by atoms with Crippen LogP contribution in [-0.2, 0) is 6.42 Å². The molecule has 0 heterocycles. The molecule has 3 nitrogen and oxygen atoms in total. The molecule has 1 fully saturated rings. The van der Waals surface area contributed by atoms with Crippen LogP contribution in [0.5, 0.6) is 5.75 Å². The Balaban J connectivity index is 1.71. The van der Waals surface area contributed by atoms with Gasteiger partial charge in [-0.15, -0.1) is 0 Å². The monoisotopic (exact) mass is 292 g/mol. The first-order chi connectivity index (χ1) is 9.67. The summed E-state index contributed by atoms with van der Waals surface area (Å²) >= 11 is 4.90. The molecule has 110 valence electrons. The Morgan fingerprint density at radius 2 is 2.05 bits per heavy atom. The minimum Gasteiger partial charge on any atom is -0.492 e. The molecule has 0 bridgehead atoms. The van der Waals surface area contributed by atoms with Gasteiger partial charge in [-0.3, -0.25) is 4.90 Å². The Bertz CT molecular complexity index is 429. The van der Waals surface area contributed by atoms with Gasteiger partial charge in [0.2, 0.25) is 0 Å². The Kier molecular flexibility index (Phi) is 5.80. The third-order valence-corrected chi connectivity index (χ3v) is 3.78. The van der Waals surface area contributed by atoms with Crippen molar-refractivity contribution in [2.24, 2.45) is 11.7 Å². The molecule has 0 radical (unpaired) electrons. The molecule has 0 aliphatic heterocycles. The van der Waals surface area contributed by atoms with Crippen LogP contribution >= 0.6 is 12.2 Å². The molecule has 1 aromatic carbocycles. The quantitative estimate of drug-likeness (QED) is 0.710. The number of hydrogen-bond acceptors (Lipinski definition) is 3. The van der Waals surface area contributed by atoms with E-state index in [4.69, 9.17) is 22.7 Å². The maximum absolute atomic E-state index is 5.79. The zero-order valence-electron chi connectivity index (χ0n) is 12.2. The molecular formula is C16H24N2OS. The van der Waals surface area contributed by atoms with Crippen molar-refractivity contribution in [1.82, 2.24) is 4.90 Å². The van der Waals surface area contributed by atoms with Crippen LogP contribution in [0.15, 0.2) is 24.3 Å². The summed E-state index contributed by atoms with van der Waals surface area (Å²) in [5.74, 6) is 1.86. The number of thiocarbonyl (C=S) groups is 1. The van der Waals surface area contributed by atoms with Crippen LogP contribution in [0.1, 0.15) is 25.3 Å². The number of rotatable bonds is 9. The molecule has 1 aromatic rings. The van der Waals surface area contributed by atoms with Gasteiger partial charge < -0.3 is 10.5 Å². The second-order valence-corrected chi connectivity index (χ2v) is 6.00. The predicted molar refractivity (Wildman–Crippen MR) is 87.3 cm³/mol. The van der Waals surface area contributed by atoms with E-state index in [9.17, 15) is 0 Å². The summed E-state index contributed by atoms with van der Waals surface area (Å²) in [6.07, 6.45) is 3.46. The van der Waals surface area contributed by atoms with Crippen molar-refractivity contribution in [3.8, 4) is 5.75 Å². The van der Waals surface area contributed by atoms with E-state index in [1.165, 1.54) is 19.4 Å². The Hall–Kier alpha value is -1.13. The maximum atomic E-state index is 5.79. The van der Waals surface area contributed by atoms with Crippen molar-refractivity contribution < 1.29 is 4.74 Å². The third kappa shape index (κ3) is 5.47. The molecule has 2 rings (SSSR count). The van der Waals surface area contributed by atoms with E-state index in [-0.39, 0.29) is 0 Å². The smallest absolute Gasteiger partial charge is 0.119 e. The molecule has 1 aliphatic rings. The van der Waals surface area contributed by atoms with E-state index >= 15 is 0 Å². The van der Waals surface area contributed by atoms with Crippen molar-refractivity contribution >= 4 is 17.2 Å². The van der Waals surface area contributed by atoms with Gasteiger partial charge in [-0.2, -0.15) is 0 Å². The molecule has 1 aliphatic carbocycles. The van der Waals surface area contributed by atoms with Crippen LogP contribution in [-0.4, -0.2) is 36.1 Å². The van der Waals surface area contributed by atoms with Gasteiger partial charge in [0.15, 0.2) is 0 Å². The average molecular weight is 292 g/mol. The van der Waals surface area contributed by atoms with Gasteiger partial charge in [0.1, 0.15) is 12.4 Å². The number of nitrogens with two attached hydrogens (primary N) is 1. The highest BCUT2D eigenvalue weighted by molar-refractivity contribution is 7.80. The number of hydrogen-bond donors (Lipinski definition) is 1. The average Bonchev–Trinajstić information content (AvgIpc) is 3.23. The normalized spacial score (nSPS) is 14.5. The third-order valence-electron chi connectivity index (χ3n) is 3.64. The molecule has 4 heteroatoms. The fraction of sp³-hybridized carbons (Fsp3) is 0.562. The summed E-state index contributed by atoms with van der Waals surface area (Å²) in [6.45, 7) is 6.29. The van der Waals surface area contributed by atoms with Crippen LogP contribution in [0.3, 0.4) is 0 Å². The first-order valence-corrected chi connectivity index (χ1v) is 7.80. The summed E-state index contributed by atoms with van der Waals surface area (Å²) in [4.78, 5) is 3.00. The maximum Gasteiger partial charge on any atom is 0.119 e. The first-order valence-electron chi connectivity index (χ1n) is 7.39. The second-order valence-electron chi connectivity index (χ2n) is 5.47. The Morgan fingerprint density at radius 3 is 2.60 bits per heavy atom. The van der Waals surface area contributed by atoms with Crippen molar-refractivity contribution in [2.75, 3.05) is 26.2 Å². The SMILES string of the molecule is CCN(CCOc1ccc(CC(N)=S)cc1)CC1CC1. The molecule has 20 heavy (non-hydrogen) atoms. The molecule has 2 N–H and O–H groups in total. The summed E-state index contributed by atoms with van der Waals surface area (Å²) in [5.41, 5.74) is 6.66. The number of ether oxygens (including phenoxy) is 1. The zero-order valence-corrected chi connectivity index (χ0v) is 13.0. The van der Waals surface area contributed by atoms with Crippen molar-refractivity contribution in [3.05, 3.63) is 29.8 Å². The summed E-state index contributed by atoms with van der Waals surface area (Å²) in [6, 6.07) is 8.03. The topological polar surface area (TPSA) is 38.5 Å². The molecule has 1 saturated carbocycles. The Labute approximate surface area is 127 Å². The number of benzene rings is 1. The van der Waals surface area contributed by atoms with Gasteiger partial charge >= 0.3 is 0 Å². The van der Waals surface area contributed by atoms with Gasteiger partial charge in [0.25, 0.3) is 0 Å². The van der Waals surface area contributed by atoms with Gasteiger partial charge in [0.05, 0.1) is 4.99 Å². The van der Waals surface area contributed by atoms with E-state index < -0.39 is 0 Å². The van der Waals surface area contributed by atoms with E-state index in [1.54, 1.807) is 0 Å². The summed E-state index contributed by atoms with van der Waals surface area (Å²) in [7, 11) is 0. The summed E-state index contributed by atoms with van der Waals surface area (Å²) < 4.78 is 5.79. The van der Waals surface area contributed by atoms with Gasteiger partial charge in [0, 0.05) is 19.5 Å². The molecule has 0 atom stereocenters. The first kappa shape index (κ1) is 15.3. The minimum atomic E-state index is 0.525. The van der Waals surface area contributed by atoms with Gasteiger partial charge in [-0.05, 0) is 43.0 Å². The van der Waals surface area contributed by atoms with E-state index in [0.717, 1.165) is 36.9 Å². The van der Waals surface area contributed by atoms with Gasteiger partial charge in [-0.1, -0.05) is 31.3 Å². The van der Waals surface area contributed by atoms with Crippen LogP contribution in [0, 0.1) is 5.92 Å². The lowest BCUT2D eigenvalue weighted by atomic mass is 10.1. The second kappa shape index (κ2) is 7.60. The fourth-order valence-electron chi connectivity index (χ4n) is 2.24. The highest BCUT2D eigenvalue weighted by atomic mass is 32.1. The molecule has 0 aromatic heterocycles. The number of likely N-dealkylation sites (N-methyl/N-ethyl adjacent to an activating group) is 1. The molecular weight excluding hydrogens is 268 g/mol. The van der Waals surface area contributed by atoms with Crippen LogP contribution in [0.2, 0.25) is 0 Å². The van der Waals surface area contributed by atoms with E-state index in [1.807, 2.05) is 24.3 Å². The fourth-order valence-corrected chi connectivity index (χ4v) is 2.41. The van der Waals surface area contributed by atoms with Gasteiger partial charge in [-0.25, -0.2) is 0 Å². The number of nitrogens with zero attached hydrogens (tertiary/aromatic N) is 1. The zero-order chi connectivity index (χ0) is 14.4. The van der Waals surface area contributed by atoms with Crippen LogP contribution < -0.4 is 10.5 Å².